The molecule has 0 spiro atoms. The molecule has 164 valence electrons. The lowest BCUT2D eigenvalue weighted by Crippen LogP contribution is -2.05. The van der Waals surface area contributed by atoms with Crippen molar-refractivity contribution in [3.63, 3.8) is 0 Å². The van der Waals surface area contributed by atoms with E-state index in [0.717, 1.165) is 39.3 Å². The summed E-state index contributed by atoms with van der Waals surface area (Å²) in [4.78, 5) is 23.4. The standard InChI is InChI=1S/C25H24N2O5/c1-14(28)18-6-5-16(12-24(18)31-2)17-10-21-19(23(29)11-17)13-26-22-8-15(9-25(30)32-3)4-7-20(22)27-21/h4-8,10-12,26-27,29H,9,13H2,1-3H3. The van der Waals surface area contributed by atoms with Crippen LogP contribution >= 0.6 is 0 Å². The molecule has 3 N–H and O–H groups in total. The molecule has 0 aromatic heterocycles. The molecule has 0 bridgehead atoms. The van der Waals surface area contributed by atoms with E-state index >= 15 is 0 Å². The first-order valence-corrected chi connectivity index (χ1v) is 10.2. The summed E-state index contributed by atoms with van der Waals surface area (Å²) in [7, 11) is 2.89. The van der Waals surface area contributed by atoms with E-state index in [1.165, 1.54) is 21.1 Å². The normalized spacial score (nSPS) is 11.8. The largest absolute Gasteiger partial charge is 0.507 e. The first-order valence-electron chi connectivity index (χ1n) is 10.2. The van der Waals surface area contributed by atoms with Crippen LogP contribution in [0, 0.1) is 0 Å². The molecule has 1 heterocycles. The molecule has 3 aromatic carbocycles. The molecule has 7 heteroatoms. The Bertz CT molecular complexity index is 1220. The average molecular weight is 432 g/mol. The number of aromatic hydroxyl groups is 1. The van der Waals surface area contributed by atoms with Gasteiger partial charge in [-0.2, -0.15) is 0 Å². The summed E-state index contributed by atoms with van der Waals surface area (Å²) >= 11 is 0. The summed E-state index contributed by atoms with van der Waals surface area (Å²) in [5.74, 6) is 0.259. The topological polar surface area (TPSA) is 96.9 Å². The molecule has 0 amide bonds. The molecule has 0 radical (unpaired) electrons. The van der Waals surface area contributed by atoms with Crippen LogP contribution in [-0.4, -0.2) is 31.1 Å². The molecule has 0 saturated heterocycles. The van der Waals surface area contributed by atoms with Crippen LogP contribution in [-0.2, 0) is 22.5 Å². The maximum atomic E-state index is 11.8. The number of Topliss-reactive ketones (excluding diaryl/α,β-unsaturated/α-hetero) is 1. The fourth-order valence-electron chi connectivity index (χ4n) is 3.81. The van der Waals surface area contributed by atoms with Gasteiger partial charge in [-0.1, -0.05) is 12.1 Å². The van der Waals surface area contributed by atoms with E-state index in [1.54, 1.807) is 18.2 Å². The predicted molar refractivity (Wildman–Crippen MR) is 123 cm³/mol. The van der Waals surface area contributed by atoms with E-state index in [2.05, 4.69) is 10.6 Å². The highest BCUT2D eigenvalue weighted by atomic mass is 16.5. The molecular formula is C25H24N2O5. The molecule has 7 nitrogen and oxygen atoms in total. The van der Waals surface area contributed by atoms with Gasteiger partial charge in [-0.25, -0.2) is 0 Å². The number of phenols is 1. The van der Waals surface area contributed by atoms with Gasteiger partial charge in [0, 0.05) is 17.8 Å². The number of nitrogens with one attached hydrogen (secondary N) is 2. The summed E-state index contributed by atoms with van der Waals surface area (Å²) < 4.78 is 10.1. The van der Waals surface area contributed by atoms with E-state index in [1.807, 2.05) is 30.3 Å². The number of benzene rings is 3. The maximum absolute atomic E-state index is 11.8. The van der Waals surface area contributed by atoms with Crippen LogP contribution in [0.4, 0.5) is 17.1 Å². The molecule has 0 saturated carbocycles. The van der Waals surface area contributed by atoms with E-state index in [4.69, 9.17) is 9.47 Å². The van der Waals surface area contributed by atoms with Crippen molar-refractivity contribution in [2.24, 2.45) is 0 Å². The molecule has 0 atom stereocenters. The molecule has 4 rings (SSSR count). The highest BCUT2D eigenvalue weighted by molar-refractivity contribution is 5.97. The summed E-state index contributed by atoms with van der Waals surface area (Å²) in [5.41, 5.74) is 6.10. The lowest BCUT2D eigenvalue weighted by Gasteiger charge is -2.14. The highest BCUT2D eigenvalue weighted by Gasteiger charge is 2.19. The van der Waals surface area contributed by atoms with Gasteiger partial charge in [-0.15, -0.1) is 0 Å². The Hall–Kier alpha value is -4.00. The molecule has 0 unspecified atom stereocenters. The molecule has 0 aliphatic carbocycles. The zero-order chi connectivity index (χ0) is 22.8. The highest BCUT2D eigenvalue weighted by Crippen LogP contribution is 2.40. The maximum Gasteiger partial charge on any atom is 0.309 e. The van der Waals surface area contributed by atoms with Gasteiger partial charge in [-0.3, -0.25) is 9.59 Å². The zero-order valence-electron chi connectivity index (χ0n) is 18.1. The molecule has 0 fully saturated rings. The summed E-state index contributed by atoms with van der Waals surface area (Å²) in [6.07, 6.45) is 0.186. The van der Waals surface area contributed by atoms with Gasteiger partial charge in [-0.05, 0) is 60.0 Å². The van der Waals surface area contributed by atoms with Crippen molar-refractivity contribution in [2.45, 2.75) is 19.9 Å². The van der Waals surface area contributed by atoms with Crippen LogP contribution in [0.25, 0.3) is 11.1 Å². The van der Waals surface area contributed by atoms with Crippen LogP contribution in [0.1, 0.15) is 28.4 Å². The number of carbonyl (C=O) groups excluding carboxylic acids is 2. The smallest absolute Gasteiger partial charge is 0.309 e. The fourth-order valence-corrected chi connectivity index (χ4v) is 3.81. The van der Waals surface area contributed by atoms with Crippen LogP contribution < -0.4 is 15.4 Å². The lowest BCUT2D eigenvalue weighted by molar-refractivity contribution is -0.139. The van der Waals surface area contributed by atoms with Crippen LogP contribution in [0.5, 0.6) is 11.5 Å². The van der Waals surface area contributed by atoms with Crippen molar-refractivity contribution < 1.29 is 24.2 Å². The number of esters is 1. The monoisotopic (exact) mass is 432 g/mol. The number of hydrogen-bond acceptors (Lipinski definition) is 7. The Morgan fingerprint density at radius 1 is 0.969 bits per heavy atom. The molecule has 3 aromatic rings. The second kappa shape index (κ2) is 8.63. The van der Waals surface area contributed by atoms with Gasteiger partial charge in [0.1, 0.15) is 11.5 Å². The summed E-state index contributed by atoms with van der Waals surface area (Å²) in [5, 5.41) is 17.5. The minimum atomic E-state index is -0.302. The van der Waals surface area contributed by atoms with Crippen molar-refractivity contribution in [1.29, 1.82) is 0 Å². The Balaban J connectivity index is 1.70. The number of hydrogen-bond donors (Lipinski definition) is 3. The number of phenolic OH excluding ortho intramolecular Hbond substituents is 1. The zero-order valence-corrected chi connectivity index (χ0v) is 18.1. The fraction of sp³-hybridized carbons (Fsp3) is 0.200. The number of carbonyl (C=O) groups is 2. The van der Waals surface area contributed by atoms with Gasteiger partial charge in [0.05, 0.1) is 37.6 Å². The Morgan fingerprint density at radius 2 is 1.78 bits per heavy atom. The van der Waals surface area contributed by atoms with Gasteiger partial charge in [0.2, 0.25) is 0 Å². The quantitative estimate of drug-likeness (QED) is 0.399. The van der Waals surface area contributed by atoms with Crippen LogP contribution in [0.3, 0.4) is 0 Å². The molecule has 1 aliphatic heterocycles. The third-order valence-electron chi connectivity index (χ3n) is 5.53. The van der Waals surface area contributed by atoms with Crippen molar-refractivity contribution >= 4 is 28.8 Å². The van der Waals surface area contributed by atoms with Crippen LogP contribution in [0.15, 0.2) is 48.5 Å². The molecule has 32 heavy (non-hydrogen) atoms. The summed E-state index contributed by atoms with van der Waals surface area (Å²) in [6, 6.07) is 14.7. The number of fused-ring (bicyclic) bond motifs is 2. The van der Waals surface area contributed by atoms with Gasteiger partial charge < -0.3 is 25.2 Å². The minimum Gasteiger partial charge on any atom is -0.507 e. The van der Waals surface area contributed by atoms with Gasteiger partial charge in [0.15, 0.2) is 5.78 Å². The number of methoxy groups -OCH3 is 2. The average Bonchev–Trinajstić information content (AvgIpc) is 2.97. The minimum absolute atomic E-state index is 0.0749. The van der Waals surface area contributed by atoms with E-state index in [9.17, 15) is 14.7 Å². The van der Waals surface area contributed by atoms with E-state index in [0.29, 0.717) is 17.9 Å². The first-order chi connectivity index (χ1) is 15.4. The summed E-state index contributed by atoms with van der Waals surface area (Å²) in [6.45, 7) is 1.91. The van der Waals surface area contributed by atoms with Gasteiger partial charge >= 0.3 is 5.97 Å². The Morgan fingerprint density at radius 3 is 2.50 bits per heavy atom. The third-order valence-corrected chi connectivity index (χ3v) is 5.53. The van der Waals surface area contributed by atoms with Crippen molar-refractivity contribution in [2.75, 3.05) is 24.9 Å². The molecule has 1 aliphatic rings. The number of ketones is 1. The lowest BCUT2D eigenvalue weighted by atomic mass is 9.98. The number of rotatable bonds is 5. The van der Waals surface area contributed by atoms with Gasteiger partial charge in [0.25, 0.3) is 0 Å². The van der Waals surface area contributed by atoms with Crippen molar-refractivity contribution in [3.05, 3.63) is 65.2 Å². The predicted octanol–water partition coefficient (Wildman–Crippen LogP) is 4.66. The SMILES string of the molecule is COC(=O)Cc1ccc2c(c1)NCc1c(O)cc(-c3ccc(C(C)=O)c(OC)c3)cc1N2. The Kier molecular flexibility index (Phi) is 5.73. The first kappa shape index (κ1) is 21.2. The number of anilines is 3. The van der Waals surface area contributed by atoms with Crippen molar-refractivity contribution in [1.82, 2.24) is 0 Å². The van der Waals surface area contributed by atoms with Crippen molar-refractivity contribution in [3.8, 4) is 22.6 Å². The van der Waals surface area contributed by atoms with E-state index < -0.39 is 0 Å². The number of ether oxygens (including phenoxy) is 2. The Labute approximate surface area is 186 Å². The second-order valence-electron chi connectivity index (χ2n) is 7.60. The second-order valence-corrected chi connectivity index (χ2v) is 7.60. The third kappa shape index (κ3) is 4.09. The van der Waals surface area contributed by atoms with Crippen LogP contribution in [0.2, 0.25) is 0 Å². The van der Waals surface area contributed by atoms with E-state index in [-0.39, 0.29) is 23.9 Å². The molecular weight excluding hydrogens is 408 g/mol.